The third-order valence-corrected chi connectivity index (χ3v) is 9.49. The number of nitrogens with two attached hydrogens (primary N) is 1. The van der Waals surface area contributed by atoms with Crippen molar-refractivity contribution in [2.24, 2.45) is 29.4 Å². The maximum atomic E-state index is 14.1. The number of hydrogen-bond acceptors (Lipinski definition) is 9. The lowest BCUT2D eigenvalue weighted by atomic mass is 9.52. The normalized spacial score (nSPS) is 29.2. The number of aromatic hydroxyl groups is 1. The molecule has 3 aliphatic carbocycles. The third kappa shape index (κ3) is 4.11. The largest absolute Gasteiger partial charge is 0.507 e. The summed E-state index contributed by atoms with van der Waals surface area (Å²) in [6.07, 6.45) is 0.140. The number of Topliss-reactive ketones (excluding diaryl/α,β-unsaturated/α-hetero) is 4. The summed E-state index contributed by atoms with van der Waals surface area (Å²) >= 11 is 12.3. The van der Waals surface area contributed by atoms with Gasteiger partial charge in [-0.05, 0) is 62.2 Å². The number of aliphatic hydroxyl groups is 1. The fourth-order valence-electron chi connectivity index (χ4n) is 6.93. The lowest BCUT2D eigenvalue weighted by Crippen LogP contribution is -2.74. The van der Waals surface area contributed by atoms with Crippen LogP contribution in [0.2, 0.25) is 10.0 Å². The van der Waals surface area contributed by atoms with E-state index in [2.05, 4.69) is 0 Å². The highest BCUT2D eigenvalue weighted by Crippen LogP contribution is 2.53. The van der Waals surface area contributed by atoms with Gasteiger partial charge in [-0.25, -0.2) is 0 Å². The van der Waals surface area contributed by atoms with E-state index in [4.69, 9.17) is 28.9 Å². The van der Waals surface area contributed by atoms with Crippen molar-refractivity contribution in [3.05, 3.63) is 45.4 Å². The number of anilines is 1. The van der Waals surface area contributed by atoms with Crippen LogP contribution in [0.5, 0.6) is 5.75 Å². The molecule has 6 unspecified atom stereocenters. The zero-order valence-electron chi connectivity index (χ0n) is 22.8. The maximum absolute atomic E-state index is 14.1. The fourth-order valence-corrected chi connectivity index (χ4v) is 7.23. The number of hydrogen-bond donors (Lipinski definition) is 3. The van der Waals surface area contributed by atoms with E-state index in [-0.39, 0.29) is 34.7 Å². The Morgan fingerprint density at radius 1 is 1.02 bits per heavy atom. The monoisotopic (exact) mass is 601 g/mol. The van der Waals surface area contributed by atoms with E-state index in [1.54, 1.807) is 57.4 Å². The number of phenolic OH excluding ortho intramolecular Hbond substituents is 1. The number of fused-ring (bicyclic) bond motifs is 3. The molecule has 5 rings (SSSR count). The van der Waals surface area contributed by atoms with Gasteiger partial charge in [-0.2, -0.15) is 0 Å². The highest BCUT2D eigenvalue weighted by Gasteiger charge is 2.69. The molecule has 216 valence electrons. The molecule has 3 aliphatic rings. The molecule has 1 amide bonds. The molecule has 0 aliphatic heterocycles. The maximum Gasteiger partial charge on any atom is 0.235 e. The minimum atomic E-state index is -2.78. The van der Waals surface area contributed by atoms with Gasteiger partial charge in [0.25, 0.3) is 0 Å². The highest BCUT2D eigenvalue weighted by atomic mass is 35.5. The Morgan fingerprint density at radius 2 is 1.68 bits per heavy atom. The van der Waals surface area contributed by atoms with Crippen molar-refractivity contribution in [3.8, 4) is 16.9 Å². The Bertz CT molecular complexity index is 1560. The standard InChI is InChI=1S/C29H29Cl2N3O7/c1-33(2)18-10-13(11-5-6-16(30)17(31)9-11)23(35)20-14(18)7-12-8-15-22(34(3)4)25(37)21(28(32)40)27(39)29(15,41)26(38)19(12)24(20)36/h5-6,9-10,12,15,19,21-22,35,41H,7-8H2,1-4H3,(H2,32,40). The zero-order valence-corrected chi connectivity index (χ0v) is 24.3. The molecule has 10 nitrogen and oxygen atoms in total. The summed E-state index contributed by atoms with van der Waals surface area (Å²) in [6.45, 7) is 0. The first kappa shape index (κ1) is 29.2. The van der Waals surface area contributed by atoms with Gasteiger partial charge in [0.05, 0.1) is 27.6 Å². The minimum absolute atomic E-state index is 0.0218. The second-order valence-corrected chi connectivity index (χ2v) is 12.3. The minimum Gasteiger partial charge on any atom is -0.507 e. The Kier molecular flexibility index (Phi) is 7.05. The molecule has 0 aromatic heterocycles. The van der Waals surface area contributed by atoms with Crippen LogP contribution >= 0.6 is 23.2 Å². The number of benzene rings is 2. The lowest BCUT2D eigenvalue weighted by molar-refractivity contribution is -0.181. The smallest absolute Gasteiger partial charge is 0.235 e. The summed E-state index contributed by atoms with van der Waals surface area (Å²) in [7, 11) is 6.64. The molecule has 0 saturated heterocycles. The van der Waals surface area contributed by atoms with Crippen LogP contribution in [0.3, 0.4) is 0 Å². The Balaban J connectivity index is 1.69. The zero-order chi connectivity index (χ0) is 30.3. The molecule has 4 N–H and O–H groups in total. The number of nitrogens with zero attached hydrogens (tertiary/aromatic N) is 2. The van der Waals surface area contributed by atoms with E-state index >= 15 is 0 Å². The lowest BCUT2D eigenvalue weighted by Gasteiger charge is -2.52. The molecule has 6 atom stereocenters. The second-order valence-electron chi connectivity index (χ2n) is 11.5. The first-order chi connectivity index (χ1) is 19.1. The number of carbonyl (C=O) groups is 5. The number of likely N-dealkylation sites (N-methyl/N-ethyl adjacent to an activating group) is 1. The highest BCUT2D eigenvalue weighted by molar-refractivity contribution is 6.42. The number of rotatable bonds is 4. The number of primary amides is 1. The molecule has 2 fully saturated rings. The molecule has 0 heterocycles. The van der Waals surface area contributed by atoms with Crippen LogP contribution in [0.4, 0.5) is 5.69 Å². The predicted octanol–water partition coefficient (Wildman–Crippen LogP) is 1.91. The SMILES string of the molecule is CN(C)c1cc(-c2ccc(Cl)c(Cl)c2)c(O)c2c1CC1CC3C(N(C)C)C(=O)C(C(N)=O)C(=O)C3(O)C(=O)C1C2=O. The van der Waals surface area contributed by atoms with Crippen molar-refractivity contribution < 1.29 is 34.2 Å². The average Bonchev–Trinajstić information content (AvgIpc) is 2.87. The van der Waals surface area contributed by atoms with Gasteiger partial charge in [-0.3, -0.25) is 28.9 Å². The summed E-state index contributed by atoms with van der Waals surface area (Å²) in [5.74, 6) is -10.9. The van der Waals surface area contributed by atoms with E-state index in [9.17, 15) is 34.2 Å². The summed E-state index contributed by atoms with van der Waals surface area (Å²) in [5.41, 5.74) is 4.38. The van der Waals surface area contributed by atoms with E-state index in [1.807, 2.05) is 0 Å². The molecule has 2 aromatic carbocycles. The van der Waals surface area contributed by atoms with Crippen LogP contribution in [-0.4, -0.2) is 84.0 Å². The van der Waals surface area contributed by atoms with E-state index < -0.39 is 64.4 Å². The third-order valence-electron chi connectivity index (χ3n) is 8.75. The predicted molar refractivity (Wildman–Crippen MR) is 151 cm³/mol. The van der Waals surface area contributed by atoms with Crippen molar-refractivity contribution in [1.29, 1.82) is 0 Å². The molecular formula is C29H29Cl2N3O7. The molecule has 2 aromatic rings. The molecule has 41 heavy (non-hydrogen) atoms. The molecule has 0 spiro atoms. The quantitative estimate of drug-likeness (QED) is 0.445. The van der Waals surface area contributed by atoms with Gasteiger partial charge in [0.15, 0.2) is 34.7 Å². The first-order valence-corrected chi connectivity index (χ1v) is 13.7. The van der Waals surface area contributed by atoms with Gasteiger partial charge in [0, 0.05) is 31.3 Å². The molecule has 2 saturated carbocycles. The molecule has 0 bridgehead atoms. The van der Waals surface area contributed by atoms with Gasteiger partial charge in [-0.1, -0.05) is 29.3 Å². The van der Waals surface area contributed by atoms with Crippen LogP contribution in [-0.2, 0) is 25.6 Å². The van der Waals surface area contributed by atoms with Crippen molar-refractivity contribution in [3.63, 3.8) is 0 Å². The van der Waals surface area contributed by atoms with E-state index in [0.29, 0.717) is 21.8 Å². The van der Waals surface area contributed by atoms with Gasteiger partial charge in [0.2, 0.25) is 5.91 Å². The van der Waals surface area contributed by atoms with Crippen molar-refractivity contribution >= 4 is 57.9 Å². The Hall–Kier alpha value is -3.31. The van der Waals surface area contributed by atoms with E-state index in [0.717, 1.165) is 0 Å². The molecule has 12 heteroatoms. The Morgan fingerprint density at radius 3 is 2.24 bits per heavy atom. The van der Waals surface area contributed by atoms with Gasteiger partial charge in [-0.15, -0.1) is 0 Å². The number of phenols is 1. The fraction of sp³-hybridized carbons (Fsp3) is 0.414. The van der Waals surface area contributed by atoms with Crippen LogP contribution < -0.4 is 10.6 Å². The van der Waals surface area contributed by atoms with Gasteiger partial charge >= 0.3 is 0 Å². The topological polar surface area (TPSA) is 158 Å². The summed E-state index contributed by atoms with van der Waals surface area (Å²) in [6, 6.07) is 5.29. The summed E-state index contributed by atoms with van der Waals surface area (Å²) in [5, 5.41) is 23.7. The number of amides is 1. The Labute approximate surface area is 246 Å². The van der Waals surface area contributed by atoms with Crippen LogP contribution in [0.1, 0.15) is 22.3 Å². The molecular weight excluding hydrogens is 573 g/mol. The average molecular weight is 602 g/mol. The van der Waals surface area contributed by atoms with Crippen molar-refractivity contribution in [1.82, 2.24) is 4.90 Å². The van der Waals surface area contributed by atoms with Gasteiger partial charge < -0.3 is 20.8 Å². The first-order valence-electron chi connectivity index (χ1n) is 13.0. The van der Waals surface area contributed by atoms with Crippen LogP contribution in [0.15, 0.2) is 24.3 Å². The summed E-state index contributed by atoms with van der Waals surface area (Å²) < 4.78 is 0. The van der Waals surface area contributed by atoms with Crippen LogP contribution in [0, 0.1) is 23.7 Å². The number of halogens is 2. The van der Waals surface area contributed by atoms with E-state index in [1.165, 1.54) is 4.90 Å². The summed E-state index contributed by atoms with van der Waals surface area (Å²) in [4.78, 5) is 70.3. The number of ketones is 4. The van der Waals surface area contributed by atoms with Crippen molar-refractivity contribution in [2.75, 3.05) is 33.1 Å². The molecule has 0 radical (unpaired) electrons. The van der Waals surface area contributed by atoms with Gasteiger partial charge in [0.1, 0.15) is 5.75 Å². The number of carbonyl (C=O) groups excluding carboxylic acids is 5. The second kappa shape index (κ2) is 9.90. The van der Waals surface area contributed by atoms with Crippen LogP contribution in [0.25, 0.3) is 11.1 Å². The van der Waals surface area contributed by atoms with Crippen molar-refractivity contribution in [2.45, 2.75) is 24.5 Å².